The lowest BCUT2D eigenvalue weighted by Gasteiger charge is -1.63. The highest BCUT2D eigenvalue weighted by molar-refractivity contribution is 14.1. The van der Waals surface area contributed by atoms with E-state index in [1.165, 1.54) is 4.08 Å². The minimum atomic E-state index is -0.164. The monoisotopic (exact) mass is 298 g/mol. The number of rotatable bonds is 0. The van der Waals surface area contributed by atoms with Crippen molar-refractivity contribution < 1.29 is 4.39 Å². The van der Waals surface area contributed by atoms with Gasteiger partial charge in [-0.05, 0) is 45.2 Å². The Balaban J connectivity index is 3.14. The van der Waals surface area contributed by atoms with Crippen LogP contribution >= 0.6 is 45.2 Å². The van der Waals surface area contributed by atoms with E-state index in [4.69, 9.17) is 0 Å². The predicted molar refractivity (Wildman–Crippen MR) is 37.2 cm³/mol. The lowest BCUT2D eigenvalue weighted by atomic mass is 11.2. The van der Waals surface area contributed by atoms with E-state index in [0.717, 1.165) is 0 Å². The van der Waals surface area contributed by atoms with E-state index < -0.39 is 0 Å². The first kappa shape index (κ1) is 6.13. The Bertz CT molecular complexity index is 45.6. The molecular weight excluding hydrogens is 297 g/mol. The van der Waals surface area contributed by atoms with Crippen LogP contribution in [0.15, 0.2) is 7.92 Å². The molecule has 0 fully saturated rings. The van der Waals surface area contributed by atoms with Gasteiger partial charge in [0.1, 0.15) is 0 Å². The summed E-state index contributed by atoms with van der Waals surface area (Å²) in [6, 6.07) is 0. The zero-order valence-electron chi connectivity index (χ0n) is 2.21. The highest BCUT2D eigenvalue weighted by Crippen LogP contribution is 2.07. The van der Waals surface area contributed by atoms with Crippen molar-refractivity contribution in [3.8, 4) is 0 Å². The smallest absolute Gasteiger partial charge is 0.166 e. The first-order valence-electron chi connectivity index (χ1n) is 0.885. The second kappa shape index (κ2) is 3.32. The maximum absolute atomic E-state index is 11.3. The first-order chi connectivity index (χ1) is 2.27. The Morgan fingerprint density at radius 1 is 1.80 bits per heavy atom. The van der Waals surface area contributed by atoms with Gasteiger partial charge >= 0.3 is 0 Å². The summed E-state index contributed by atoms with van der Waals surface area (Å²) in [6.07, 6.45) is 0. The third kappa shape index (κ3) is 5.13. The minimum absolute atomic E-state index is 0.164. The molecule has 0 radical (unpaired) electrons. The highest BCUT2D eigenvalue weighted by atomic mass is 127. The van der Waals surface area contributed by atoms with E-state index in [0.29, 0.717) is 0 Å². The van der Waals surface area contributed by atoms with Crippen LogP contribution in [0.1, 0.15) is 0 Å². The molecule has 0 aromatic rings. The molecule has 0 saturated heterocycles. The van der Waals surface area contributed by atoms with Gasteiger partial charge < -0.3 is 0 Å². The lowest BCUT2D eigenvalue weighted by molar-refractivity contribution is 0.715. The van der Waals surface area contributed by atoms with Gasteiger partial charge in [0, 0.05) is 4.08 Å². The Hall–Kier alpha value is 1.13. The number of halogens is 3. The summed E-state index contributed by atoms with van der Waals surface area (Å²) in [5.41, 5.74) is 0. The third-order valence-electron chi connectivity index (χ3n) is 0.0825. The van der Waals surface area contributed by atoms with Crippen LogP contribution in [-0.2, 0) is 0 Å². The van der Waals surface area contributed by atoms with Gasteiger partial charge in [-0.25, -0.2) is 0 Å². The molecule has 0 atom stereocenters. The van der Waals surface area contributed by atoms with Crippen LogP contribution in [-0.4, -0.2) is 0 Å². The molecule has 0 unspecified atom stereocenters. The van der Waals surface area contributed by atoms with Crippen LogP contribution in [0.25, 0.3) is 0 Å². The molecule has 0 aliphatic heterocycles. The molecule has 0 amide bonds. The van der Waals surface area contributed by atoms with Crippen LogP contribution in [0.4, 0.5) is 4.39 Å². The first-order valence-corrected chi connectivity index (χ1v) is 3.21. The number of hydrogen-bond acceptors (Lipinski definition) is 0. The molecule has 3 heteroatoms. The average molecular weight is 298 g/mol. The predicted octanol–water partition coefficient (Wildman–Crippen LogP) is 2.62. The molecule has 0 aromatic heterocycles. The van der Waals surface area contributed by atoms with Gasteiger partial charge in [-0.2, -0.15) is 4.39 Å². The largest absolute Gasteiger partial charge is 0.199 e. The van der Waals surface area contributed by atoms with E-state index in [9.17, 15) is 4.39 Å². The highest BCUT2D eigenvalue weighted by Gasteiger charge is 1.71. The van der Waals surface area contributed by atoms with Crippen LogP contribution in [0.5, 0.6) is 0 Å². The molecule has 5 heavy (non-hydrogen) atoms. The second-order valence-electron chi connectivity index (χ2n) is 0.399. The summed E-state index contributed by atoms with van der Waals surface area (Å²) >= 11 is 3.43. The van der Waals surface area contributed by atoms with E-state index >= 15 is 0 Å². The zero-order chi connectivity index (χ0) is 4.28. The Morgan fingerprint density at radius 3 is 2.00 bits per heavy atom. The summed E-state index contributed by atoms with van der Waals surface area (Å²) < 4.78 is 12.5. The summed E-state index contributed by atoms with van der Waals surface area (Å²) in [4.78, 5) is 0. The van der Waals surface area contributed by atoms with E-state index in [1.54, 1.807) is 22.6 Å². The lowest BCUT2D eigenvalue weighted by Crippen LogP contribution is -1.34. The van der Waals surface area contributed by atoms with Gasteiger partial charge in [0.2, 0.25) is 0 Å². The van der Waals surface area contributed by atoms with Crippen LogP contribution in [0, 0.1) is 0 Å². The molecular formula is C2HFI2. The van der Waals surface area contributed by atoms with Crippen molar-refractivity contribution in [3.63, 3.8) is 0 Å². The number of hydrogen-bond donors (Lipinski definition) is 0. The normalized spacial score (nSPS) is 12.2. The van der Waals surface area contributed by atoms with Crippen molar-refractivity contribution in [3.05, 3.63) is 7.92 Å². The molecule has 0 aliphatic rings. The van der Waals surface area contributed by atoms with Gasteiger partial charge in [-0.1, -0.05) is 0 Å². The van der Waals surface area contributed by atoms with Crippen molar-refractivity contribution in [1.82, 2.24) is 0 Å². The molecule has 0 aromatic carbocycles. The van der Waals surface area contributed by atoms with Crippen molar-refractivity contribution in [2.45, 2.75) is 0 Å². The maximum atomic E-state index is 11.3. The van der Waals surface area contributed by atoms with Gasteiger partial charge in [0.15, 0.2) is 3.83 Å². The Morgan fingerprint density at radius 2 is 2.00 bits per heavy atom. The summed E-state index contributed by atoms with van der Waals surface area (Å²) in [7, 11) is 0. The Labute approximate surface area is 57.1 Å². The molecule has 0 spiro atoms. The standard InChI is InChI=1S/C2HFI2/c3-2(5)1-4/h1H/b2-1+. The minimum Gasteiger partial charge on any atom is -0.199 e. The SMILES string of the molecule is F/C(I)=C\I. The second-order valence-corrected chi connectivity index (χ2v) is 2.05. The van der Waals surface area contributed by atoms with E-state index in [2.05, 4.69) is 0 Å². The summed E-state index contributed by atoms with van der Waals surface area (Å²) in [6.45, 7) is 0. The van der Waals surface area contributed by atoms with Crippen molar-refractivity contribution >= 4 is 45.2 Å². The van der Waals surface area contributed by atoms with Crippen LogP contribution in [0.3, 0.4) is 0 Å². The molecule has 0 nitrogen and oxygen atoms in total. The zero-order valence-corrected chi connectivity index (χ0v) is 6.53. The Kier molecular flexibility index (Phi) is 4.08. The third-order valence-corrected chi connectivity index (χ3v) is 2.13. The van der Waals surface area contributed by atoms with Gasteiger partial charge in [0.25, 0.3) is 0 Å². The van der Waals surface area contributed by atoms with E-state index in [1.807, 2.05) is 22.6 Å². The molecule has 0 saturated carbocycles. The average Bonchev–Trinajstić information content (AvgIpc) is 1.38. The van der Waals surface area contributed by atoms with Gasteiger partial charge in [-0.15, -0.1) is 0 Å². The summed E-state index contributed by atoms with van der Waals surface area (Å²) in [5.74, 6) is 0. The fourth-order valence-corrected chi connectivity index (χ4v) is 0. The van der Waals surface area contributed by atoms with Crippen molar-refractivity contribution in [2.24, 2.45) is 0 Å². The molecule has 0 heterocycles. The molecule has 30 valence electrons. The fraction of sp³-hybridized carbons (Fsp3) is 0. The van der Waals surface area contributed by atoms with Gasteiger partial charge in [-0.3, -0.25) is 0 Å². The molecule has 0 aliphatic carbocycles. The van der Waals surface area contributed by atoms with Crippen LogP contribution in [0.2, 0.25) is 0 Å². The maximum Gasteiger partial charge on any atom is 0.166 e. The quantitative estimate of drug-likeness (QED) is 0.603. The van der Waals surface area contributed by atoms with Crippen molar-refractivity contribution in [2.75, 3.05) is 0 Å². The van der Waals surface area contributed by atoms with Crippen LogP contribution < -0.4 is 0 Å². The topological polar surface area (TPSA) is 0 Å². The molecule has 0 bridgehead atoms. The molecule has 0 rings (SSSR count). The van der Waals surface area contributed by atoms with Gasteiger partial charge in [0.05, 0.1) is 0 Å². The van der Waals surface area contributed by atoms with Crippen molar-refractivity contribution in [1.29, 1.82) is 0 Å². The summed E-state index contributed by atoms with van der Waals surface area (Å²) in [5, 5.41) is 0. The molecule has 0 N–H and O–H groups in total. The fourth-order valence-electron chi connectivity index (χ4n) is 0. The van der Waals surface area contributed by atoms with E-state index in [-0.39, 0.29) is 3.83 Å².